The number of nitrogens with two attached hydrogens (primary N) is 1. The minimum atomic E-state index is -0.267. The number of amides is 1. The van der Waals surface area contributed by atoms with Crippen LogP contribution < -0.4 is 5.73 Å². The van der Waals surface area contributed by atoms with Crippen LogP contribution in [0.1, 0.15) is 38.5 Å². The maximum Gasteiger partial charge on any atom is 0.239 e. The van der Waals surface area contributed by atoms with Crippen molar-refractivity contribution < 1.29 is 4.79 Å². The molecular formula is C15H28N3O. The number of carbonyl (C=O) groups excluding carboxylic acids is 1. The molecule has 0 spiro atoms. The van der Waals surface area contributed by atoms with Crippen molar-refractivity contribution in [1.29, 1.82) is 0 Å². The van der Waals surface area contributed by atoms with E-state index >= 15 is 0 Å². The van der Waals surface area contributed by atoms with E-state index in [4.69, 9.17) is 5.73 Å². The van der Waals surface area contributed by atoms with Crippen LogP contribution in [-0.4, -0.2) is 54.5 Å². The van der Waals surface area contributed by atoms with Crippen LogP contribution in [0.2, 0.25) is 0 Å². The number of hydrogen-bond donors (Lipinski definition) is 1. The first kappa shape index (κ1) is 14.8. The number of piperazine rings is 1. The van der Waals surface area contributed by atoms with Gasteiger partial charge in [0.1, 0.15) is 0 Å². The third-order valence-corrected chi connectivity index (χ3v) is 4.54. The lowest BCUT2D eigenvalue weighted by atomic mass is 9.81. The molecule has 0 aromatic rings. The fraction of sp³-hybridized carbons (Fsp3) is 0.867. The summed E-state index contributed by atoms with van der Waals surface area (Å²) in [5.41, 5.74) is 6.06. The smallest absolute Gasteiger partial charge is 0.239 e. The molecule has 2 rings (SSSR count). The molecule has 4 heteroatoms. The zero-order valence-electron chi connectivity index (χ0n) is 12.0. The highest BCUT2D eigenvalue weighted by atomic mass is 16.2. The Kier molecular flexibility index (Phi) is 5.64. The van der Waals surface area contributed by atoms with E-state index in [0.29, 0.717) is 5.92 Å². The lowest BCUT2D eigenvalue weighted by molar-refractivity contribution is -0.134. The van der Waals surface area contributed by atoms with Gasteiger partial charge < -0.3 is 10.6 Å². The Bertz CT molecular complexity index is 283. The maximum atomic E-state index is 12.3. The molecule has 1 radical (unpaired) electrons. The highest BCUT2D eigenvalue weighted by Gasteiger charge is 2.28. The van der Waals surface area contributed by atoms with E-state index in [1.807, 2.05) is 4.90 Å². The standard InChI is InChI=1S/C15H28N3O/c1-2-3-7-17-8-10-18(11-9-17)15(19)14(16)12-13-5-4-6-13/h13-14H,1-12,16H2/t14-/m0/s1. The minimum Gasteiger partial charge on any atom is -0.339 e. The number of unbranched alkanes of at least 4 members (excludes halogenated alkanes) is 1. The summed E-state index contributed by atoms with van der Waals surface area (Å²) in [5.74, 6) is 0.876. The first-order chi connectivity index (χ1) is 9.20. The van der Waals surface area contributed by atoms with Crippen LogP contribution in [0.3, 0.4) is 0 Å². The highest BCUT2D eigenvalue weighted by molar-refractivity contribution is 5.81. The van der Waals surface area contributed by atoms with E-state index in [0.717, 1.165) is 52.0 Å². The summed E-state index contributed by atoms with van der Waals surface area (Å²) >= 11 is 0. The van der Waals surface area contributed by atoms with Gasteiger partial charge in [-0.1, -0.05) is 32.6 Å². The molecular weight excluding hydrogens is 238 g/mol. The third kappa shape index (κ3) is 4.18. The summed E-state index contributed by atoms with van der Waals surface area (Å²) in [4.78, 5) is 16.7. The van der Waals surface area contributed by atoms with Crippen molar-refractivity contribution in [3.8, 4) is 0 Å². The van der Waals surface area contributed by atoms with Gasteiger partial charge in [-0.3, -0.25) is 9.69 Å². The van der Waals surface area contributed by atoms with Gasteiger partial charge >= 0.3 is 0 Å². The second-order valence-electron chi connectivity index (χ2n) is 6.01. The Morgan fingerprint density at radius 1 is 1.26 bits per heavy atom. The molecule has 0 aromatic carbocycles. The van der Waals surface area contributed by atoms with Crippen LogP contribution in [0.15, 0.2) is 0 Å². The Labute approximate surface area is 117 Å². The average Bonchev–Trinajstić information content (AvgIpc) is 2.40. The Balaban J connectivity index is 1.69. The van der Waals surface area contributed by atoms with Gasteiger partial charge in [0.25, 0.3) is 0 Å². The lowest BCUT2D eigenvalue weighted by Crippen LogP contribution is -2.53. The second-order valence-corrected chi connectivity index (χ2v) is 6.01. The van der Waals surface area contributed by atoms with Crippen LogP contribution in [0, 0.1) is 12.8 Å². The van der Waals surface area contributed by atoms with Gasteiger partial charge in [0, 0.05) is 26.2 Å². The van der Waals surface area contributed by atoms with E-state index in [1.165, 1.54) is 19.3 Å². The van der Waals surface area contributed by atoms with E-state index in [9.17, 15) is 4.79 Å². The van der Waals surface area contributed by atoms with Crippen LogP contribution in [0.25, 0.3) is 0 Å². The van der Waals surface area contributed by atoms with Gasteiger partial charge in [0.15, 0.2) is 0 Å². The molecule has 0 bridgehead atoms. The van der Waals surface area contributed by atoms with Gasteiger partial charge in [-0.2, -0.15) is 0 Å². The monoisotopic (exact) mass is 266 g/mol. The summed E-state index contributed by atoms with van der Waals surface area (Å²) in [6.07, 6.45) is 6.87. The van der Waals surface area contributed by atoms with Crippen molar-refractivity contribution in [2.75, 3.05) is 32.7 Å². The predicted octanol–water partition coefficient (Wildman–Crippen LogP) is 1.26. The van der Waals surface area contributed by atoms with Gasteiger partial charge in [-0.25, -0.2) is 0 Å². The van der Waals surface area contributed by atoms with Crippen LogP contribution >= 0.6 is 0 Å². The average molecular weight is 266 g/mol. The van der Waals surface area contributed by atoms with Gasteiger partial charge in [0.2, 0.25) is 5.91 Å². The summed E-state index contributed by atoms with van der Waals surface area (Å²) in [5, 5.41) is 0. The fourth-order valence-corrected chi connectivity index (χ4v) is 2.95. The molecule has 1 saturated carbocycles. The summed E-state index contributed by atoms with van der Waals surface area (Å²) in [6.45, 7) is 8.64. The Morgan fingerprint density at radius 2 is 1.95 bits per heavy atom. The van der Waals surface area contributed by atoms with Crippen LogP contribution in [0.4, 0.5) is 0 Å². The maximum absolute atomic E-state index is 12.3. The number of rotatable bonds is 6. The molecule has 109 valence electrons. The highest BCUT2D eigenvalue weighted by Crippen LogP contribution is 2.30. The van der Waals surface area contributed by atoms with Gasteiger partial charge in [-0.05, 0) is 25.3 Å². The zero-order valence-corrected chi connectivity index (χ0v) is 12.0. The molecule has 1 aliphatic heterocycles. The van der Waals surface area contributed by atoms with Gasteiger partial charge in [0.05, 0.1) is 6.04 Å². The molecule has 1 atom stereocenters. The minimum absolute atomic E-state index is 0.170. The normalized spacial score (nSPS) is 23.2. The molecule has 2 fully saturated rings. The number of carbonyl (C=O) groups is 1. The van der Waals surface area contributed by atoms with Crippen molar-refractivity contribution in [2.45, 2.75) is 44.6 Å². The van der Waals surface area contributed by atoms with Crippen LogP contribution in [-0.2, 0) is 4.79 Å². The first-order valence-electron chi connectivity index (χ1n) is 7.76. The van der Waals surface area contributed by atoms with E-state index in [1.54, 1.807) is 0 Å². The SMILES string of the molecule is [CH2]CCCN1CCN(C(=O)[C@@H](N)CC2CCC2)CC1. The van der Waals surface area contributed by atoms with E-state index in [2.05, 4.69) is 11.8 Å². The lowest BCUT2D eigenvalue weighted by Gasteiger charge is -2.37. The van der Waals surface area contributed by atoms with Crippen molar-refractivity contribution in [2.24, 2.45) is 11.7 Å². The summed E-state index contributed by atoms with van der Waals surface area (Å²) < 4.78 is 0. The predicted molar refractivity (Wildman–Crippen MR) is 77.5 cm³/mol. The second kappa shape index (κ2) is 7.25. The molecule has 19 heavy (non-hydrogen) atoms. The summed E-state index contributed by atoms with van der Waals surface area (Å²) in [6, 6.07) is -0.267. The molecule has 2 aliphatic rings. The first-order valence-corrected chi connectivity index (χ1v) is 7.76. The molecule has 0 unspecified atom stereocenters. The topological polar surface area (TPSA) is 49.6 Å². The largest absolute Gasteiger partial charge is 0.339 e. The zero-order chi connectivity index (χ0) is 13.7. The van der Waals surface area contributed by atoms with Crippen LogP contribution in [0.5, 0.6) is 0 Å². The van der Waals surface area contributed by atoms with Crippen molar-refractivity contribution >= 4 is 5.91 Å². The van der Waals surface area contributed by atoms with E-state index < -0.39 is 0 Å². The Hall–Kier alpha value is -0.610. The molecule has 1 saturated heterocycles. The molecule has 1 aliphatic carbocycles. The quantitative estimate of drug-likeness (QED) is 0.787. The van der Waals surface area contributed by atoms with Crippen molar-refractivity contribution in [1.82, 2.24) is 9.80 Å². The third-order valence-electron chi connectivity index (χ3n) is 4.54. The van der Waals surface area contributed by atoms with Gasteiger partial charge in [-0.15, -0.1) is 0 Å². The molecule has 4 nitrogen and oxygen atoms in total. The van der Waals surface area contributed by atoms with E-state index in [-0.39, 0.29) is 11.9 Å². The van der Waals surface area contributed by atoms with Crippen molar-refractivity contribution in [3.05, 3.63) is 6.92 Å². The molecule has 2 N–H and O–H groups in total. The summed E-state index contributed by atoms with van der Waals surface area (Å²) in [7, 11) is 0. The molecule has 1 amide bonds. The molecule has 1 heterocycles. The number of hydrogen-bond acceptors (Lipinski definition) is 3. The number of nitrogens with zero attached hydrogens (tertiary/aromatic N) is 2. The fourth-order valence-electron chi connectivity index (χ4n) is 2.95. The molecule has 0 aromatic heterocycles. The van der Waals surface area contributed by atoms with Crippen molar-refractivity contribution in [3.63, 3.8) is 0 Å². The Morgan fingerprint density at radius 3 is 2.47 bits per heavy atom.